The van der Waals surface area contributed by atoms with Crippen molar-refractivity contribution in [3.8, 4) is 11.4 Å². The molecule has 1 aromatic carbocycles. The lowest BCUT2D eigenvalue weighted by Crippen LogP contribution is -2.48. The molecule has 10 nitrogen and oxygen atoms in total. The Kier molecular flexibility index (Phi) is 6.55. The molecule has 3 fully saturated rings. The third-order valence-electron chi connectivity index (χ3n) is 7.41. The van der Waals surface area contributed by atoms with Crippen molar-refractivity contribution in [1.82, 2.24) is 30.2 Å². The number of nitrogens with one attached hydrogen (secondary N) is 1. The maximum Gasteiger partial charge on any atom is 0.325 e. The van der Waals surface area contributed by atoms with E-state index in [2.05, 4.69) is 20.4 Å². The van der Waals surface area contributed by atoms with Crippen LogP contribution in [0.15, 0.2) is 28.8 Å². The first-order valence-corrected chi connectivity index (χ1v) is 12.5. The van der Waals surface area contributed by atoms with Crippen LogP contribution in [0.4, 0.5) is 4.79 Å². The number of amides is 4. The SMILES string of the molecule is Cc1ccccc1-c1noc(CN2CCN(C(=O)CCCN3C(=O)NC4(CCCC4)C3=O)CC2)n1. The van der Waals surface area contributed by atoms with Gasteiger partial charge in [-0.05, 0) is 31.7 Å². The van der Waals surface area contributed by atoms with Gasteiger partial charge in [0.05, 0.1) is 6.54 Å². The van der Waals surface area contributed by atoms with Gasteiger partial charge in [0.15, 0.2) is 0 Å². The van der Waals surface area contributed by atoms with Crippen LogP contribution in [0.5, 0.6) is 0 Å². The predicted molar refractivity (Wildman–Crippen MR) is 127 cm³/mol. The van der Waals surface area contributed by atoms with E-state index in [1.54, 1.807) is 0 Å². The number of rotatable bonds is 7. The van der Waals surface area contributed by atoms with E-state index in [1.807, 2.05) is 36.1 Å². The molecule has 1 spiro atoms. The summed E-state index contributed by atoms with van der Waals surface area (Å²) in [6.45, 7) is 5.57. The van der Waals surface area contributed by atoms with Crippen LogP contribution in [-0.2, 0) is 16.1 Å². The minimum absolute atomic E-state index is 0.0620. The molecule has 0 bridgehead atoms. The Morgan fingerprint density at radius 2 is 1.86 bits per heavy atom. The fraction of sp³-hybridized carbons (Fsp3) is 0.560. The van der Waals surface area contributed by atoms with Gasteiger partial charge < -0.3 is 14.7 Å². The van der Waals surface area contributed by atoms with Crippen LogP contribution in [-0.4, -0.2) is 80.9 Å². The second-order valence-electron chi connectivity index (χ2n) is 9.76. The Bertz CT molecular complexity index is 1100. The lowest BCUT2D eigenvalue weighted by Gasteiger charge is -2.34. The van der Waals surface area contributed by atoms with Crippen LogP contribution in [0, 0.1) is 6.92 Å². The van der Waals surface area contributed by atoms with Gasteiger partial charge in [-0.15, -0.1) is 0 Å². The summed E-state index contributed by atoms with van der Waals surface area (Å²) in [6, 6.07) is 7.62. The molecule has 0 unspecified atom stereocenters. The number of aryl methyl sites for hydroxylation is 1. The number of carbonyl (C=O) groups excluding carboxylic acids is 3. The Morgan fingerprint density at radius 1 is 1.11 bits per heavy atom. The minimum Gasteiger partial charge on any atom is -0.340 e. The van der Waals surface area contributed by atoms with Crippen molar-refractivity contribution >= 4 is 17.8 Å². The molecule has 2 saturated heterocycles. The maximum atomic E-state index is 12.7. The number of hydrogen-bond acceptors (Lipinski definition) is 7. The zero-order valence-electron chi connectivity index (χ0n) is 20.2. The minimum atomic E-state index is -0.684. The van der Waals surface area contributed by atoms with Gasteiger partial charge >= 0.3 is 6.03 Å². The number of benzene rings is 1. The van der Waals surface area contributed by atoms with Crippen LogP contribution in [0.2, 0.25) is 0 Å². The van der Waals surface area contributed by atoms with Crippen LogP contribution < -0.4 is 5.32 Å². The van der Waals surface area contributed by atoms with Crippen LogP contribution in [0.1, 0.15) is 50.0 Å². The van der Waals surface area contributed by atoms with Crippen molar-refractivity contribution in [1.29, 1.82) is 0 Å². The first-order chi connectivity index (χ1) is 16.9. The van der Waals surface area contributed by atoms with Crippen molar-refractivity contribution in [2.24, 2.45) is 0 Å². The molecule has 2 aromatic rings. The van der Waals surface area contributed by atoms with Gasteiger partial charge in [0.25, 0.3) is 5.91 Å². The third-order valence-corrected chi connectivity index (χ3v) is 7.41. The van der Waals surface area contributed by atoms with Gasteiger partial charge in [0.2, 0.25) is 17.6 Å². The molecule has 3 aliphatic rings. The van der Waals surface area contributed by atoms with Crippen molar-refractivity contribution in [3.05, 3.63) is 35.7 Å². The van der Waals surface area contributed by atoms with Gasteiger partial charge in [-0.2, -0.15) is 4.98 Å². The normalized spacial score (nSPS) is 20.1. The molecule has 3 heterocycles. The molecular formula is C25H32N6O4. The molecule has 186 valence electrons. The second kappa shape index (κ2) is 9.77. The maximum absolute atomic E-state index is 12.7. The summed E-state index contributed by atoms with van der Waals surface area (Å²) in [7, 11) is 0. The summed E-state index contributed by atoms with van der Waals surface area (Å²) in [5, 5.41) is 7.01. The number of nitrogens with zero attached hydrogens (tertiary/aromatic N) is 5. The molecule has 1 N–H and O–H groups in total. The zero-order valence-corrected chi connectivity index (χ0v) is 20.2. The summed E-state index contributed by atoms with van der Waals surface area (Å²) < 4.78 is 5.46. The summed E-state index contributed by atoms with van der Waals surface area (Å²) in [4.78, 5) is 47.6. The fourth-order valence-corrected chi connectivity index (χ4v) is 5.34. The molecule has 5 rings (SSSR count). The molecule has 2 aliphatic heterocycles. The Balaban J connectivity index is 1.05. The number of urea groups is 1. The molecular weight excluding hydrogens is 448 g/mol. The Labute approximate surface area is 204 Å². The van der Waals surface area contributed by atoms with Gasteiger partial charge in [0, 0.05) is 44.7 Å². The molecule has 0 atom stereocenters. The highest BCUT2D eigenvalue weighted by Gasteiger charge is 2.52. The van der Waals surface area contributed by atoms with Crippen molar-refractivity contribution in [2.45, 2.75) is 57.5 Å². The van der Waals surface area contributed by atoms with Crippen molar-refractivity contribution in [2.75, 3.05) is 32.7 Å². The zero-order chi connectivity index (χ0) is 24.4. The van der Waals surface area contributed by atoms with E-state index in [0.29, 0.717) is 63.6 Å². The smallest absolute Gasteiger partial charge is 0.325 e. The number of piperazine rings is 1. The second-order valence-corrected chi connectivity index (χ2v) is 9.76. The number of imide groups is 1. The van der Waals surface area contributed by atoms with E-state index in [1.165, 1.54) is 4.90 Å². The fourth-order valence-electron chi connectivity index (χ4n) is 5.34. The highest BCUT2D eigenvalue weighted by Crippen LogP contribution is 2.35. The van der Waals surface area contributed by atoms with Crippen molar-refractivity contribution < 1.29 is 18.9 Å². The number of hydrogen-bond donors (Lipinski definition) is 1. The van der Waals surface area contributed by atoms with E-state index in [9.17, 15) is 14.4 Å². The highest BCUT2D eigenvalue weighted by atomic mass is 16.5. The summed E-state index contributed by atoms with van der Waals surface area (Å²) in [6.07, 6.45) is 4.17. The van der Waals surface area contributed by atoms with Gasteiger partial charge in [-0.3, -0.25) is 19.4 Å². The van der Waals surface area contributed by atoms with Gasteiger partial charge in [-0.1, -0.05) is 42.3 Å². The molecule has 35 heavy (non-hydrogen) atoms. The lowest BCUT2D eigenvalue weighted by atomic mass is 9.98. The van der Waals surface area contributed by atoms with E-state index >= 15 is 0 Å². The summed E-state index contributed by atoms with van der Waals surface area (Å²) >= 11 is 0. The average molecular weight is 481 g/mol. The van der Waals surface area contributed by atoms with E-state index in [-0.39, 0.29) is 17.8 Å². The monoisotopic (exact) mass is 480 g/mol. The van der Waals surface area contributed by atoms with Crippen molar-refractivity contribution in [3.63, 3.8) is 0 Å². The molecule has 0 radical (unpaired) electrons. The average Bonchev–Trinajstić information content (AvgIpc) is 3.57. The lowest BCUT2D eigenvalue weighted by molar-refractivity contribution is -0.134. The highest BCUT2D eigenvalue weighted by molar-refractivity contribution is 6.07. The molecule has 4 amide bonds. The third kappa shape index (κ3) is 4.80. The quantitative estimate of drug-likeness (QED) is 0.606. The first-order valence-electron chi connectivity index (χ1n) is 12.5. The Hall–Kier alpha value is -3.27. The summed E-state index contributed by atoms with van der Waals surface area (Å²) in [5.41, 5.74) is 1.38. The van der Waals surface area contributed by atoms with Gasteiger partial charge in [0.1, 0.15) is 5.54 Å². The molecule has 1 saturated carbocycles. The van der Waals surface area contributed by atoms with Crippen LogP contribution in [0.3, 0.4) is 0 Å². The van der Waals surface area contributed by atoms with Crippen LogP contribution in [0.25, 0.3) is 11.4 Å². The number of aromatic nitrogens is 2. The first kappa shape index (κ1) is 23.5. The predicted octanol–water partition coefficient (Wildman–Crippen LogP) is 2.33. The summed E-state index contributed by atoms with van der Waals surface area (Å²) in [5.74, 6) is 1.10. The standard InChI is InChI=1S/C25H32N6O4/c1-18-7-2-3-8-19(18)22-26-20(35-28-22)17-29-13-15-30(16-14-29)21(32)9-6-12-31-23(33)25(27-24(31)34)10-4-5-11-25/h2-3,7-8H,4-6,9-17H2,1H3,(H,27,34). The molecule has 10 heteroatoms. The largest absolute Gasteiger partial charge is 0.340 e. The van der Waals surface area contributed by atoms with E-state index in [4.69, 9.17) is 4.52 Å². The van der Waals surface area contributed by atoms with Crippen LogP contribution >= 0.6 is 0 Å². The molecule has 1 aliphatic carbocycles. The molecule has 1 aromatic heterocycles. The van der Waals surface area contributed by atoms with E-state index in [0.717, 1.165) is 37.1 Å². The van der Waals surface area contributed by atoms with E-state index < -0.39 is 5.54 Å². The number of carbonyl (C=O) groups is 3. The Morgan fingerprint density at radius 3 is 2.60 bits per heavy atom. The van der Waals surface area contributed by atoms with Gasteiger partial charge in [-0.25, -0.2) is 4.79 Å². The topological polar surface area (TPSA) is 112 Å².